The second-order valence-corrected chi connectivity index (χ2v) is 7.28. The van der Waals surface area contributed by atoms with Gasteiger partial charge in [-0.25, -0.2) is 9.97 Å². The Kier molecular flexibility index (Phi) is 5.14. The molecule has 7 nitrogen and oxygen atoms in total. The van der Waals surface area contributed by atoms with Gasteiger partial charge in [0.2, 0.25) is 0 Å². The van der Waals surface area contributed by atoms with Crippen molar-refractivity contribution < 1.29 is 14.6 Å². The van der Waals surface area contributed by atoms with E-state index in [1.165, 1.54) is 17.7 Å². The summed E-state index contributed by atoms with van der Waals surface area (Å²) in [5.41, 5.74) is 2.42. The van der Waals surface area contributed by atoms with Gasteiger partial charge < -0.3 is 15.2 Å². The molecule has 2 N–H and O–H groups in total. The Labute approximate surface area is 165 Å². The van der Waals surface area contributed by atoms with Gasteiger partial charge in [0, 0.05) is 35.6 Å². The Bertz CT molecular complexity index is 1140. The SMILES string of the molecule is CC(O)CCOc1cc2ncccc2cc1NC(=O)c1csc2cncnc12. The fraction of sp³-hybridized carbons (Fsp3) is 0.200. The molecule has 1 atom stereocenters. The predicted molar refractivity (Wildman–Crippen MR) is 109 cm³/mol. The summed E-state index contributed by atoms with van der Waals surface area (Å²) >= 11 is 1.42. The lowest BCUT2D eigenvalue weighted by atomic mass is 10.1. The predicted octanol–water partition coefficient (Wildman–Crippen LogP) is 3.64. The first-order valence-electron chi connectivity index (χ1n) is 8.80. The molecule has 0 saturated heterocycles. The van der Waals surface area contributed by atoms with Crippen molar-refractivity contribution in [2.75, 3.05) is 11.9 Å². The molecule has 1 aromatic carbocycles. The van der Waals surface area contributed by atoms with Gasteiger partial charge >= 0.3 is 0 Å². The third-order valence-electron chi connectivity index (χ3n) is 4.23. The fourth-order valence-corrected chi connectivity index (χ4v) is 3.65. The summed E-state index contributed by atoms with van der Waals surface area (Å²) in [6.07, 6.45) is 4.85. The normalized spacial score (nSPS) is 12.2. The zero-order chi connectivity index (χ0) is 19.5. The van der Waals surface area contributed by atoms with E-state index in [1.807, 2.05) is 18.2 Å². The molecule has 4 rings (SSSR count). The number of pyridine rings is 1. The van der Waals surface area contributed by atoms with Crippen LogP contribution in [-0.4, -0.2) is 38.7 Å². The van der Waals surface area contributed by atoms with E-state index in [1.54, 1.807) is 30.8 Å². The summed E-state index contributed by atoms with van der Waals surface area (Å²) in [4.78, 5) is 25.4. The average Bonchev–Trinajstić information content (AvgIpc) is 3.12. The molecular weight excluding hydrogens is 376 g/mol. The van der Waals surface area contributed by atoms with E-state index in [2.05, 4.69) is 20.3 Å². The molecule has 0 aliphatic rings. The second kappa shape index (κ2) is 7.87. The summed E-state index contributed by atoms with van der Waals surface area (Å²) in [6, 6.07) is 7.39. The number of hydrogen-bond acceptors (Lipinski definition) is 7. The Hall–Kier alpha value is -3.10. The van der Waals surface area contributed by atoms with E-state index in [4.69, 9.17) is 4.74 Å². The topological polar surface area (TPSA) is 97.2 Å². The van der Waals surface area contributed by atoms with E-state index in [-0.39, 0.29) is 5.91 Å². The molecule has 4 aromatic rings. The minimum atomic E-state index is -0.464. The van der Waals surface area contributed by atoms with Crippen LogP contribution in [0.5, 0.6) is 5.75 Å². The first kappa shape index (κ1) is 18.3. The van der Waals surface area contributed by atoms with Crippen molar-refractivity contribution >= 4 is 44.1 Å². The quantitative estimate of drug-likeness (QED) is 0.518. The highest BCUT2D eigenvalue weighted by molar-refractivity contribution is 7.17. The fourth-order valence-electron chi connectivity index (χ4n) is 2.79. The number of hydrogen-bond donors (Lipinski definition) is 2. The molecule has 8 heteroatoms. The van der Waals surface area contributed by atoms with Crippen molar-refractivity contribution in [1.82, 2.24) is 15.0 Å². The molecule has 28 heavy (non-hydrogen) atoms. The molecule has 0 radical (unpaired) electrons. The number of carbonyl (C=O) groups excluding carboxylic acids is 1. The summed E-state index contributed by atoms with van der Waals surface area (Å²) < 4.78 is 6.67. The maximum absolute atomic E-state index is 12.9. The van der Waals surface area contributed by atoms with Gasteiger partial charge in [-0.05, 0) is 19.1 Å². The van der Waals surface area contributed by atoms with Gasteiger partial charge in [-0.1, -0.05) is 6.07 Å². The van der Waals surface area contributed by atoms with Gasteiger partial charge in [-0.15, -0.1) is 11.3 Å². The number of fused-ring (bicyclic) bond motifs is 2. The molecule has 1 amide bonds. The Morgan fingerprint density at radius 1 is 1.36 bits per heavy atom. The molecule has 142 valence electrons. The van der Waals surface area contributed by atoms with Gasteiger partial charge in [0.05, 0.1) is 39.7 Å². The number of aromatic nitrogens is 3. The molecule has 1 unspecified atom stereocenters. The van der Waals surface area contributed by atoms with E-state index in [9.17, 15) is 9.90 Å². The van der Waals surface area contributed by atoms with Crippen molar-refractivity contribution in [3.8, 4) is 5.75 Å². The van der Waals surface area contributed by atoms with Crippen molar-refractivity contribution in [3.63, 3.8) is 0 Å². The van der Waals surface area contributed by atoms with E-state index in [0.717, 1.165) is 15.6 Å². The van der Waals surface area contributed by atoms with Crippen LogP contribution in [0.15, 0.2) is 48.4 Å². The van der Waals surface area contributed by atoms with Gasteiger partial charge in [-0.3, -0.25) is 9.78 Å². The van der Waals surface area contributed by atoms with Gasteiger partial charge in [0.15, 0.2) is 0 Å². The van der Waals surface area contributed by atoms with Gasteiger partial charge in [-0.2, -0.15) is 0 Å². The molecule has 0 saturated carbocycles. The number of ether oxygens (including phenoxy) is 1. The monoisotopic (exact) mass is 394 g/mol. The highest BCUT2D eigenvalue weighted by atomic mass is 32.1. The number of thiophene rings is 1. The minimum Gasteiger partial charge on any atom is -0.491 e. The van der Waals surface area contributed by atoms with E-state index >= 15 is 0 Å². The summed E-state index contributed by atoms with van der Waals surface area (Å²) in [6.45, 7) is 2.03. The highest BCUT2D eigenvalue weighted by Crippen LogP contribution is 2.31. The van der Waals surface area contributed by atoms with Crippen LogP contribution in [-0.2, 0) is 0 Å². The third-order valence-corrected chi connectivity index (χ3v) is 5.13. The van der Waals surface area contributed by atoms with Crippen LogP contribution in [0.4, 0.5) is 5.69 Å². The standard InChI is InChI=1S/C20H18N4O3S/c1-12(25)4-6-27-17-8-15-13(3-2-5-22-15)7-16(17)24-20(26)14-10-28-18-9-21-11-23-19(14)18/h2-3,5,7-12,25H,4,6H2,1H3,(H,24,26). The largest absolute Gasteiger partial charge is 0.491 e. The van der Waals surface area contributed by atoms with Gasteiger partial charge in [0.1, 0.15) is 12.1 Å². The number of benzene rings is 1. The molecule has 3 aromatic heterocycles. The maximum Gasteiger partial charge on any atom is 0.258 e. The molecule has 0 bridgehead atoms. The summed E-state index contributed by atoms with van der Waals surface area (Å²) in [5, 5.41) is 15.1. The van der Waals surface area contributed by atoms with E-state index < -0.39 is 6.10 Å². The number of nitrogens with zero attached hydrogens (tertiary/aromatic N) is 3. The molecular formula is C20H18N4O3S. The molecule has 0 fully saturated rings. The molecule has 0 aliphatic carbocycles. The summed E-state index contributed by atoms with van der Waals surface area (Å²) in [7, 11) is 0. The molecule has 0 spiro atoms. The second-order valence-electron chi connectivity index (χ2n) is 6.37. The zero-order valence-corrected chi connectivity index (χ0v) is 15.9. The minimum absolute atomic E-state index is 0.270. The number of rotatable bonds is 6. The number of carbonyl (C=O) groups is 1. The lowest BCUT2D eigenvalue weighted by molar-refractivity contribution is 0.102. The lowest BCUT2D eigenvalue weighted by Gasteiger charge is -2.14. The first-order valence-corrected chi connectivity index (χ1v) is 9.68. The van der Waals surface area contributed by atoms with Crippen LogP contribution in [0.2, 0.25) is 0 Å². The van der Waals surface area contributed by atoms with Crippen LogP contribution in [0.25, 0.3) is 21.1 Å². The lowest BCUT2D eigenvalue weighted by Crippen LogP contribution is -2.14. The summed E-state index contributed by atoms with van der Waals surface area (Å²) in [5.74, 6) is 0.239. The van der Waals surface area contributed by atoms with Crippen molar-refractivity contribution in [2.24, 2.45) is 0 Å². The molecule has 0 aliphatic heterocycles. The number of amides is 1. The highest BCUT2D eigenvalue weighted by Gasteiger charge is 2.16. The number of nitrogens with one attached hydrogen (secondary N) is 1. The third kappa shape index (κ3) is 3.78. The van der Waals surface area contributed by atoms with E-state index in [0.29, 0.717) is 35.5 Å². The van der Waals surface area contributed by atoms with Crippen LogP contribution >= 0.6 is 11.3 Å². The van der Waals surface area contributed by atoms with Crippen molar-refractivity contribution in [1.29, 1.82) is 0 Å². The van der Waals surface area contributed by atoms with Crippen LogP contribution in [0.1, 0.15) is 23.7 Å². The Morgan fingerprint density at radius 2 is 2.25 bits per heavy atom. The number of aliphatic hydroxyl groups is 1. The van der Waals surface area contributed by atoms with Crippen molar-refractivity contribution in [3.05, 3.63) is 53.9 Å². The Morgan fingerprint density at radius 3 is 3.11 bits per heavy atom. The number of anilines is 1. The first-order chi connectivity index (χ1) is 13.6. The zero-order valence-electron chi connectivity index (χ0n) is 15.1. The van der Waals surface area contributed by atoms with Crippen LogP contribution < -0.4 is 10.1 Å². The number of aliphatic hydroxyl groups excluding tert-OH is 1. The Balaban J connectivity index is 1.66. The van der Waals surface area contributed by atoms with Crippen molar-refractivity contribution in [2.45, 2.75) is 19.4 Å². The molecule has 3 heterocycles. The van der Waals surface area contributed by atoms with Crippen LogP contribution in [0, 0.1) is 0 Å². The maximum atomic E-state index is 12.9. The van der Waals surface area contributed by atoms with Crippen LogP contribution in [0.3, 0.4) is 0 Å². The van der Waals surface area contributed by atoms with Gasteiger partial charge in [0.25, 0.3) is 5.91 Å². The average molecular weight is 394 g/mol. The smallest absolute Gasteiger partial charge is 0.258 e.